The Labute approximate surface area is 324 Å². The number of amides is 2. The maximum atomic E-state index is 14.3. The number of methoxy groups -OCH3 is 1. The summed E-state index contributed by atoms with van der Waals surface area (Å²) in [5.41, 5.74) is 3.84. The highest BCUT2D eigenvalue weighted by Gasteiger charge is 2.51. The van der Waals surface area contributed by atoms with Crippen molar-refractivity contribution in [1.82, 2.24) is 20.6 Å². The van der Waals surface area contributed by atoms with Crippen LogP contribution in [0.3, 0.4) is 0 Å². The van der Waals surface area contributed by atoms with E-state index in [0.717, 1.165) is 41.8 Å². The van der Waals surface area contributed by atoms with Crippen molar-refractivity contribution >= 4 is 17.5 Å². The number of carbonyl (C=O) groups excluding carboxylic acids is 2. The van der Waals surface area contributed by atoms with E-state index >= 15 is 0 Å². The number of hydrogen-bond acceptors (Lipinski definition) is 9. The third-order valence-corrected chi connectivity index (χ3v) is 12.4. The molecular formula is C43H69N5O6. The van der Waals surface area contributed by atoms with Crippen molar-refractivity contribution in [3.8, 4) is 16.9 Å². The topological polar surface area (TPSA) is 136 Å². The monoisotopic (exact) mass is 752 g/mol. The van der Waals surface area contributed by atoms with Crippen molar-refractivity contribution in [2.45, 2.75) is 112 Å². The van der Waals surface area contributed by atoms with Crippen molar-refractivity contribution in [2.75, 3.05) is 46.2 Å². The Morgan fingerprint density at radius 1 is 1.11 bits per heavy atom. The molecule has 0 aromatic heterocycles. The van der Waals surface area contributed by atoms with Gasteiger partial charge in [-0.1, -0.05) is 66.7 Å². The smallest absolute Gasteiger partial charge is 0.251 e. The minimum atomic E-state index is -0.909. The van der Waals surface area contributed by atoms with Crippen LogP contribution in [-0.2, 0) is 16.2 Å². The Kier molecular flexibility index (Phi) is 15.0. The minimum Gasteiger partial charge on any atom is -0.496 e. The van der Waals surface area contributed by atoms with Crippen LogP contribution < -0.4 is 20.7 Å². The lowest BCUT2D eigenvalue weighted by atomic mass is 9.58. The van der Waals surface area contributed by atoms with E-state index in [1.807, 2.05) is 57.4 Å². The maximum absolute atomic E-state index is 14.3. The van der Waals surface area contributed by atoms with E-state index in [2.05, 4.69) is 69.3 Å². The van der Waals surface area contributed by atoms with Gasteiger partial charge in [0.15, 0.2) is 0 Å². The zero-order valence-corrected chi connectivity index (χ0v) is 34.9. The van der Waals surface area contributed by atoms with Gasteiger partial charge >= 0.3 is 0 Å². The third-order valence-electron chi connectivity index (χ3n) is 12.4. The molecule has 0 spiro atoms. The van der Waals surface area contributed by atoms with Gasteiger partial charge in [-0.15, -0.1) is 0 Å². The van der Waals surface area contributed by atoms with Crippen LogP contribution in [0.25, 0.3) is 11.1 Å². The molecule has 9 atom stereocenters. The SMILES string of the molecule is CCNc1cc(C(=O)N[C@@H](CC(C)C)CN(C)C)cc(-c2cccc(CN3O[C@@H](CO)[C@@H]([C@H](C)O)[C@H]3C(=O)N[C@H]3C[C@@H](C)C(C)(C)[C@@H](C)[C@@H]3C)c2OC)c1. The van der Waals surface area contributed by atoms with E-state index in [-0.39, 0.29) is 48.4 Å². The molecule has 1 aliphatic heterocycles. The number of hydroxylamine groups is 2. The quantitative estimate of drug-likeness (QED) is 0.144. The van der Waals surface area contributed by atoms with E-state index in [9.17, 15) is 19.8 Å². The normalized spacial score (nSPS) is 26.8. The molecule has 0 radical (unpaired) electrons. The van der Waals surface area contributed by atoms with Crippen LogP contribution >= 0.6 is 0 Å². The van der Waals surface area contributed by atoms with E-state index in [1.165, 1.54) is 0 Å². The Morgan fingerprint density at radius 2 is 1.81 bits per heavy atom. The molecule has 2 aromatic carbocycles. The summed E-state index contributed by atoms with van der Waals surface area (Å²) in [7, 11) is 5.63. The van der Waals surface area contributed by atoms with Crippen LogP contribution in [0.15, 0.2) is 36.4 Å². The number of para-hydroxylation sites is 1. The number of rotatable bonds is 16. The molecule has 1 saturated carbocycles. The van der Waals surface area contributed by atoms with Gasteiger partial charge in [-0.2, -0.15) is 5.06 Å². The molecule has 1 saturated heterocycles. The Morgan fingerprint density at radius 3 is 2.41 bits per heavy atom. The zero-order valence-electron chi connectivity index (χ0n) is 34.9. The number of aliphatic hydroxyl groups is 2. The highest BCUT2D eigenvalue weighted by atomic mass is 16.7. The van der Waals surface area contributed by atoms with E-state index in [4.69, 9.17) is 9.57 Å². The summed E-state index contributed by atoms with van der Waals surface area (Å²) in [6.07, 6.45) is 0.0461. The lowest BCUT2D eigenvalue weighted by Crippen LogP contribution is -2.56. The van der Waals surface area contributed by atoms with Gasteiger partial charge in [-0.25, -0.2) is 0 Å². The van der Waals surface area contributed by atoms with Gasteiger partial charge in [-0.3, -0.25) is 14.4 Å². The van der Waals surface area contributed by atoms with Crippen molar-refractivity contribution in [3.05, 3.63) is 47.5 Å². The molecule has 11 heteroatoms. The molecule has 2 aromatic rings. The number of likely N-dealkylation sites (N-methyl/N-ethyl adjacent to an activating group) is 1. The third kappa shape index (κ3) is 9.95. The number of aliphatic hydroxyl groups excluding tert-OH is 2. The molecule has 1 aliphatic carbocycles. The fraction of sp³-hybridized carbons (Fsp3) is 0.674. The summed E-state index contributed by atoms with van der Waals surface area (Å²) in [6, 6.07) is 10.7. The molecule has 4 rings (SSSR count). The molecule has 0 unspecified atom stereocenters. The van der Waals surface area contributed by atoms with Crippen LogP contribution in [0.2, 0.25) is 0 Å². The largest absolute Gasteiger partial charge is 0.496 e. The molecule has 2 amide bonds. The van der Waals surface area contributed by atoms with Crippen molar-refractivity contribution in [3.63, 3.8) is 0 Å². The summed E-state index contributed by atoms with van der Waals surface area (Å²) in [6.45, 7) is 20.6. The lowest BCUT2D eigenvalue weighted by molar-refractivity contribution is -0.182. The number of benzene rings is 2. The first-order chi connectivity index (χ1) is 25.4. The van der Waals surface area contributed by atoms with Crippen LogP contribution in [-0.4, -0.2) is 103 Å². The van der Waals surface area contributed by atoms with Gasteiger partial charge in [0.05, 0.1) is 26.4 Å². The van der Waals surface area contributed by atoms with Crippen molar-refractivity contribution in [2.24, 2.45) is 35.0 Å². The second-order valence-corrected chi connectivity index (χ2v) is 17.3. The molecule has 54 heavy (non-hydrogen) atoms. The Balaban J connectivity index is 1.69. The summed E-state index contributed by atoms with van der Waals surface area (Å²) in [5, 5.41) is 33.0. The molecule has 5 N–H and O–H groups in total. The number of nitrogens with one attached hydrogen (secondary N) is 3. The van der Waals surface area contributed by atoms with Crippen LogP contribution in [0.5, 0.6) is 5.75 Å². The van der Waals surface area contributed by atoms with Gasteiger partial charge in [0.1, 0.15) is 17.9 Å². The lowest BCUT2D eigenvalue weighted by Gasteiger charge is -2.50. The highest BCUT2D eigenvalue weighted by molar-refractivity contribution is 5.97. The summed E-state index contributed by atoms with van der Waals surface area (Å²) < 4.78 is 6.09. The minimum absolute atomic E-state index is 0.00426. The number of anilines is 1. The predicted molar refractivity (Wildman–Crippen MR) is 216 cm³/mol. The second-order valence-electron chi connectivity index (χ2n) is 17.3. The molecule has 0 bridgehead atoms. The summed E-state index contributed by atoms with van der Waals surface area (Å²) >= 11 is 0. The molecule has 302 valence electrons. The van der Waals surface area contributed by atoms with Gasteiger partial charge in [0, 0.05) is 53.5 Å². The average Bonchev–Trinajstić information content (AvgIpc) is 3.48. The standard InChI is InChI=1S/C43H69N5O6/c1-13-44-33-20-31(19-32(21-33)41(51)45-34(17-25(2)3)23-47(10)11)35-16-14-15-30(40(35)53-12)22-48-39(38(29(7)50)37(24-49)54-48)42(52)46-36-18-26(4)43(8,9)28(6)27(36)5/h14-16,19-21,25-29,34,36-39,44,49-50H,13,17-18,22-24H2,1-12H3,(H,45,51)(H,46,52)/t26-,27+,28+,29+,34+,36+,37+,38-,39+/m1/s1. The fourth-order valence-electron chi connectivity index (χ4n) is 8.73. The first-order valence-corrected chi connectivity index (χ1v) is 20.0. The molecule has 1 heterocycles. The van der Waals surface area contributed by atoms with E-state index in [0.29, 0.717) is 35.6 Å². The van der Waals surface area contributed by atoms with E-state index in [1.54, 1.807) is 19.1 Å². The van der Waals surface area contributed by atoms with Gasteiger partial charge < -0.3 is 35.8 Å². The van der Waals surface area contributed by atoms with Crippen LogP contribution in [0.4, 0.5) is 5.69 Å². The summed E-state index contributed by atoms with van der Waals surface area (Å²) in [5.74, 6) is 1.05. The maximum Gasteiger partial charge on any atom is 0.251 e. The molecule has 11 nitrogen and oxygen atoms in total. The fourth-order valence-corrected chi connectivity index (χ4v) is 8.73. The predicted octanol–water partition coefficient (Wildman–Crippen LogP) is 5.80. The highest BCUT2D eigenvalue weighted by Crippen LogP contribution is 2.47. The number of carbonyl (C=O) groups is 2. The van der Waals surface area contributed by atoms with Crippen LogP contribution in [0.1, 0.15) is 91.1 Å². The van der Waals surface area contributed by atoms with Crippen molar-refractivity contribution < 1.29 is 29.4 Å². The van der Waals surface area contributed by atoms with Crippen molar-refractivity contribution in [1.29, 1.82) is 0 Å². The average molecular weight is 752 g/mol. The Bertz CT molecular complexity index is 1550. The first kappa shape index (κ1) is 43.5. The molecule has 2 aliphatic rings. The van der Waals surface area contributed by atoms with Gasteiger partial charge in [0.2, 0.25) is 5.91 Å². The molecule has 2 fully saturated rings. The van der Waals surface area contributed by atoms with Gasteiger partial charge in [-0.05, 0) is 93.6 Å². The zero-order chi connectivity index (χ0) is 40.1. The number of nitrogens with zero attached hydrogens (tertiary/aromatic N) is 2. The molecular weight excluding hydrogens is 683 g/mol. The van der Waals surface area contributed by atoms with Crippen LogP contribution in [0, 0.1) is 35.0 Å². The number of hydrogen-bond donors (Lipinski definition) is 5. The first-order valence-electron chi connectivity index (χ1n) is 20.0. The van der Waals surface area contributed by atoms with E-state index < -0.39 is 24.2 Å². The number of ether oxygens (including phenoxy) is 1. The van der Waals surface area contributed by atoms with Gasteiger partial charge in [0.25, 0.3) is 5.91 Å². The Hall–Kier alpha value is -3.22. The summed E-state index contributed by atoms with van der Waals surface area (Å²) in [4.78, 5) is 36.5. The second kappa shape index (κ2) is 18.6.